The Balaban J connectivity index is 1.54. The van der Waals surface area contributed by atoms with E-state index in [1.807, 2.05) is 54.6 Å². The molecule has 1 heterocycles. The molecule has 0 radical (unpaired) electrons. The van der Waals surface area contributed by atoms with E-state index in [4.69, 9.17) is 4.74 Å². The number of alkyl carbamates (subject to hydrolysis) is 1. The van der Waals surface area contributed by atoms with Crippen LogP contribution in [0.4, 0.5) is 16.2 Å². The Morgan fingerprint density at radius 3 is 2.57 bits per heavy atom. The summed E-state index contributed by atoms with van der Waals surface area (Å²) in [5, 5.41) is 17.5. The van der Waals surface area contributed by atoms with Gasteiger partial charge in [-0.3, -0.25) is 14.9 Å². The number of rotatable bonds is 8. The molecule has 9 heteroatoms. The fourth-order valence-corrected chi connectivity index (χ4v) is 3.71. The van der Waals surface area contributed by atoms with Gasteiger partial charge in [-0.25, -0.2) is 4.79 Å². The van der Waals surface area contributed by atoms with Gasteiger partial charge in [0.05, 0.1) is 10.6 Å². The van der Waals surface area contributed by atoms with E-state index in [9.17, 15) is 19.7 Å². The van der Waals surface area contributed by atoms with Gasteiger partial charge in [-0.05, 0) is 29.7 Å². The van der Waals surface area contributed by atoms with Crippen molar-refractivity contribution in [3.8, 4) is 0 Å². The summed E-state index contributed by atoms with van der Waals surface area (Å²) in [5.74, 6) is -0.518. The van der Waals surface area contributed by atoms with E-state index in [1.165, 1.54) is 12.1 Å². The Labute approximate surface area is 201 Å². The number of hydrogen-bond acceptors (Lipinski definition) is 5. The smallest absolute Gasteiger partial charge is 0.408 e. The Kier molecular flexibility index (Phi) is 7.06. The van der Waals surface area contributed by atoms with Crippen molar-refractivity contribution in [2.45, 2.75) is 26.0 Å². The molecule has 0 bridgehead atoms. The van der Waals surface area contributed by atoms with Gasteiger partial charge in [0.1, 0.15) is 12.6 Å². The maximum atomic E-state index is 13.3. The van der Waals surface area contributed by atoms with Gasteiger partial charge in [-0.1, -0.05) is 54.6 Å². The standard InChI is InChI=1S/C26H24N4O5/c1-17-11-12-20(30(33)34)14-23(17)28-25(31)24(13-19-15-27-22-10-6-5-9-21(19)22)29-26(32)35-16-18-7-3-2-4-8-18/h2-12,14-15,24,27H,13,16H2,1H3,(H,28,31)(H,29,32). The van der Waals surface area contributed by atoms with Crippen molar-refractivity contribution in [2.24, 2.45) is 0 Å². The summed E-state index contributed by atoms with van der Waals surface area (Å²) in [4.78, 5) is 39.6. The van der Waals surface area contributed by atoms with E-state index >= 15 is 0 Å². The first-order valence-corrected chi connectivity index (χ1v) is 11.0. The molecule has 1 aromatic heterocycles. The average molecular weight is 473 g/mol. The van der Waals surface area contributed by atoms with Crippen LogP contribution in [0.15, 0.2) is 79.0 Å². The number of benzene rings is 3. The van der Waals surface area contributed by atoms with Crippen molar-refractivity contribution in [2.75, 3.05) is 5.32 Å². The number of carbonyl (C=O) groups is 2. The van der Waals surface area contributed by atoms with Crippen LogP contribution in [-0.4, -0.2) is 27.9 Å². The van der Waals surface area contributed by atoms with Crippen LogP contribution in [-0.2, 0) is 22.6 Å². The summed E-state index contributed by atoms with van der Waals surface area (Å²) in [7, 11) is 0. The average Bonchev–Trinajstić information content (AvgIpc) is 3.27. The topological polar surface area (TPSA) is 126 Å². The fraction of sp³-hybridized carbons (Fsp3) is 0.154. The summed E-state index contributed by atoms with van der Waals surface area (Å²) >= 11 is 0. The zero-order valence-corrected chi connectivity index (χ0v) is 19.0. The number of nitrogens with one attached hydrogen (secondary N) is 3. The van der Waals surface area contributed by atoms with Crippen LogP contribution in [0, 0.1) is 17.0 Å². The molecule has 2 amide bonds. The van der Waals surface area contributed by atoms with Crippen LogP contribution in [0.5, 0.6) is 0 Å². The van der Waals surface area contributed by atoms with E-state index in [2.05, 4.69) is 15.6 Å². The number of aryl methyl sites for hydroxylation is 1. The number of aromatic amines is 1. The molecule has 0 aliphatic heterocycles. The Bertz CT molecular complexity index is 1370. The maximum absolute atomic E-state index is 13.3. The molecule has 0 fully saturated rings. The molecule has 3 aromatic carbocycles. The van der Waals surface area contributed by atoms with Crippen LogP contribution in [0.1, 0.15) is 16.7 Å². The van der Waals surface area contributed by atoms with Crippen molar-refractivity contribution in [1.29, 1.82) is 0 Å². The lowest BCUT2D eigenvalue weighted by molar-refractivity contribution is -0.384. The van der Waals surface area contributed by atoms with Gasteiger partial charge in [0.25, 0.3) is 5.69 Å². The van der Waals surface area contributed by atoms with Crippen LogP contribution in [0.2, 0.25) is 0 Å². The molecule has 0 aliphatic rings. The van der Waals surface area contributed by atoms with Crippen LogP contribution < -0.4 is 10.6 Å². The first kappa shape index (κ1) is 23.5. The summed E-state index contributed by atoms with van der Waals surface area (Å²) in [6.07, 6.45) is 1.23. The molecular formula is C26H24N4O5. The molecule has 0 saturated carbocycles. The van der Waals surface area contributed by atoms with Crippen molar-refractivity contribution in [3.05, 3.63) is 106 Å². The zero-order chi connectivity index (χ0) is 24.8. The number of ether oxygens (including phenoxy) is 1. The van der Waals surface area contributed by atoms with Gasteiger partial charge in [0, 0.05) is 35.7 Å². The van der Waals surface area contributed by atoms with Crippen molar-refractivity contribution in [1.82, 2.24) is 10.3 Å². The fourth-order valence-electron chi connectivity index (χ4n) is 3.71. The lowest BCUT2D eigenvalue weighted by Gasteiger charge is -2.19. The predicted octanol–water partition coefficient (Wildman–Crippen LogP) is 4.86. The third-order valence-corrected chi connectivity index (χ3v) is 5.61. The number of carbonyl (C=O) groups excluding carboxylic acids is 2. The molecule has 4 rings (SSSR count). The molecule has 0 spiro atoms. The predicted molar refractivity (Wildman–Crippen MR) is 132 cm³/mol. The van der Waals surface area contributed by atoms with Crippen LogP contribution in [0.3, 0.4) is 0 Å². The lowest BCUT2D eigenvalue weighted by atomic mass is 10.0. The molecule has 9 nitrogen and oxygen atoms in total. The number of nitrogens with zero attached hydrogens (tertiary/aromatic N) is 1. The van der Waals surface area contributed by atoms with Crippen molar-refractivity contribution in [3.63, 3.8) is 0 Å². The molecule has 0 aliphatic carbocycles. The Hall–Kier alpha value is -4.66. The van der Waals surface area contributed by atoms with E-state index < -0.39 is 23.0 Å². The molecule has 0 saturated heterocycles. The summed E-state index contributed by atoms with van der Waals surface area (Å²) in [6, 6.07) is 20.1. The zero-order valence-electron chi connectivity index (χ0n) is 19.0. The number of para-hydroxylation sites is 1. The minimum absolute atomic E-state index is 0.0537. The minimum Gasteiger partial charge on any atom is -0.445 e. The normalized spacial score (nSPS) is 11.6. The first-order chi connectivity index (χ1) is 16.9. The molecule has 1 unspecified atom stereocenters. The second-order valence-electron chi connectivity index (χ2n) is 8.07. The van der Waals surface area contributed by atoms with E-state index in [1.54, 1.807) is 19.2 Å². The lowest BCUT2D eigenvalue weighted by Crippen LogP contribution is -2.45. The van der Waals surface area contributed by atoms with Gasteiger partial charge in [0.15, 0.2) is 0 Å². The summed E-state index contributed by atoms with van der Waals surface area (Å²) in [5.41, 5.74) is 3.36. The first-order valence-electron chi connectivity index (χ1n) is 11.0. The Morgan fingerprint density at radius 2 is 1.80 bits per heavy atom. The number of non-ortho nitro benzene ring substituents is 1. The SMILES string of the molecule is Cc1ccc([N+](=O)[O-])cc1NC(=O)C(Cc1c[nH]c2ccccc12)NC(=O)OCc1ccccc1. The van der Waals surface area contributed by atoms with Gasteiger partial charge < -0.3 is 20.4 Å². The second kappa shape index (κ2) is 10.5. The van der Waals surface area contributed by atoms with Crippen molar-refractivity contribution >= 4 is 34.3 Å². The highest BCUT2D eigenvalue weighted by Crippen LogP contribution is 2.23. The third kappa shape index (κ3) is 5.83. The summed E-state index contributed by atoms with van der Waals surface area (Å²) < 4.78 is 5.31. The highest BCUT2D eigenvalue weighted by atomic mass is 16.6. The van der Waals surface area contributed by atoms with E-state index in [0.717, 1.165) is 22.0 Å². The molecule has 178 valence electrons. The van der Waals surface area contributed by atoms with Crippen LogP contribution >= 0.6 is 0 Å². The van der Waals surface area contributed by atoms with E-state index in [-0.39, 0.29) is 18.7 Å². The highest BCUT2D eigenvalue weighted by molar-refractivity contribution is 5.98. The van der Waals surface area contributed by atoms with Gasteiger partial charge in [-0.15, -0.1) is 0 Å². The quantitative estimate of drug-likeness (QED) is 0.249. The maximum Gasteiger partial charge on any atom is 0.408 e. The van der Waals surface area contributed by atoms with Crippen molar-refractivity contribution < 1.29 is 19.2 Å². The monoisotopic (exact) mass is 472 g/mol. The molecule has 3 N–H and O–H groups in total. The number of nitro groups is 1. The Morgan fingerprint density at radius 1 is 1.06 bits per heavy atom. The number of nitro benzene ring substituents is 1. The molecule has 1 atom stereocenters. The molecule has 4 aromatic rings. The number of amides is 2. The van der Waals surface area contributed by atoms with Gasteiger partial charge in [-0.2, -0.15) is 0 Å². The summed E-state index contributed by atoms with van der Waals surface area (Å²) in [6.45, 7) is 1.79. The number of hydrogen-bond donors (Lipinski definition) is 3. The van der Waals surface area contributed by atoms with Gasteiger partial charge >= 0.3 is 6.09 Å². The molecular weight excluding hydrogens is 448 g/mol. The number of fused-ring (bicyclic) bond motifs is 1. The largest absolute Gasteiger partial charge is 0.445 e. The highest BCUT2D eigenvalue weighted by Gasteiger charge is 2.24. The second-order valence-corrected chi connectivity index (χ2v) is 8.07. The van der Waals surface area contributed by atoms with E-state index in [0.29, 0.717) is 11.3 Å². The molecule has 35 heavy (non-hydrogen) atoms. The number of aromatic nitrogens is 1. The number of anilines is 1. The van der Waals surface area contributed by atoms with Crippen LogP contribution in [0.25, 0.3) is 10.9 Å². The van der Waals surface area contributed by atoms with Gasteiger partial charge in [0.2, 0.25) is 5.91 Å². The minimum atomic E-state index is -0.990. The third-order valence-electron chi connectivity index (χ3n) is 5.61. The number of H-pyrrole nitrogens is 1.